The van der Waals surface area contributed by atoms with Crippen molar-refractivity contribution in [3.8, 4) is 0 Å². The van der Waals surface area contributed by atoms with E-state index in [4.69, 9.17) is 28.9 Å². The normalized spacial score (nSPS) is 10.1. The number of carbonyl (C=O) groups excluding carboxylic acids is 1. The van der Waals surface area contributed by atoms with Crippen LogP contribution in [-0.4, -0.2) is 15.9 Å². The van der Waals surface area contributed by atoms with Crippen molar-refractivity contribution in [3.63, 3.8) is 0 Å². The first-order valence-electron chi connectivity index (χ1n) is 3.47. The van der Waals surface area contributed by atoms with Gasteiger partial charge in [0.05, 0.1) is 6.42 Å². The van der Waals surface area contributed by atoms with Crippen LogP contribution in [0.15, 0.2) is 0 Å². The summed E-state index contributed by atoms with van der Waals surface area (Å²) in [6.07, 6.45) is -0.0437. The lowest BCUT2D eigenvalue weighted by atomic mass is 10.2. The average molecular weight is 220 g/mol. The molecule has 1 aromatic rings. The Kier molecular flexibility index (Phi) is 3.06. The molecule has 1 aromatic heterocycles. The summed E-state index contributed by atoms with van der Waals surface area (Å²) in [6, 6.07) is 0. The monoisotopic (exact) mass is 219 g/mol. The molecule has 0 saturated heterocycles. The number of rotatable bonds is 2. The number of nitrogens with zero attached hydrogens (tertiary/aromatic N) is 2. The third-order valence-corrected chi connectivity index (χ3v) is 1.99. The van der Waals surface area contributed by atoms with Gasteiger partial charge in [0, 0.05) is 5.56 Å². The predicted molar refractivity (Wildman–Crippen MR) is 49.7 cm³/mol. The highest BCUT2D eigenvalue weighted by Gasteiger charge is 2.11. The van der Waals surface area contributed by atoms with E-state index in [1.54, 1.807) is 6.92 Å². The molecule has 4 nitrogen and oxygen atoms in total. The van der Waals surface area contributed by atoms with Gasteiger partial charge < -0.3 is 5.73 Å². The lowest BCUT2D eigenvalue weighted by molar-refractivity contribution is -0.117. The van der Waals surface area contributed by atoms with Gasteiger partial charge in [0.15, 0.2) is 0 Å². The van der Waals surface area contributed by atoms with Crippen LogP contribution in [0.2, 0.25) is 10.3 Å². The second-order valence-corrected chi connectivity index (χ2v) is 3.19. The summed E-state index contributed by atoms with van der Waals surface area (Å²) in [5.74, 6) is -0.0560. The summed E-state index contributed by atoms with van der Waals surface area (Å²) >= 11 is 11.5. The van der Waals surface area contributed by atoms with Crippen molar-refractivity contribution < 1.29 is 4.79 Å². The van der Waals surface area contributed by atoms with E-state index in [1.807, 2.05) is 0 Å². The maximum Gasteiger partial charge on any atom is 0.222 e. The van der Waals surface area contributed by atoms with E-state index < -0.39 is 5.91 Å². The standard InChI is InChI=1S/C7H7Cl2N3O/c1-3-11-6(8)4(2-5(10)13)7(9)12-3/h2H2,1H3,(H2,10,13). The fourth-order valence-corrected chi connectivity index (χ4v) is 1.45. The second-order valence-electron chi connectivity index (χ2n) is 2.47. The van der Waals surface area contributed by atoms with Crippen LogP contribution in [0.1, 0.15) is 11.4 Å². The Morgan fingerprint density at radius 3 is 2.23 bits per heavy atom. The summed E-state index contributed by atoms with van der Waals surface area (Å²) < 4.78 is 0. The van der Waals surface area contributed by atoms with E-state index in [-0.39, 0.29) is 16.7 Å². The quantitative estimate of drug-likeness (QED) is 0.759. The molecule has 0 aromatic carbocycles. The molecule has 0 unspecified atom stereocenters. The Morgan fingerprint density at radius 1 is 1.38 bits per heavy atom. The van der Waals surface area contributed by atoms with E-state index in [2.05, 4.69) is 9.97 Å². The Labute approximate surface area is 85.1 Å². The smallest absolute Gasteiger partial charge is 0.222 e. The minimum atomic E-state index is -0.517. The summed E-state index contributed by atoms with van der Waals surface area (Å²) in [7, 11) is 0. The van der Waals surface area contributed by atoms with Crippen molar-refractivity contribution in [1.82, 2.24) is 9.97 Å². The van der Waals surface area contributed by atoms with E-state index in [9.17, 15) is 4.79 Å². The lowest BCUT2D eigenvalue weighted by Gasteiger charge is -2.03. The SMILES string of the molecule is Cc1nc(Cl)c(CC(N)=O)c(Cl)n1. The van der Waals surface area contributed by atoms with Gasteiger partial charge in [0.2, 0.25) is 5.91 Å². The van der Waals surface area contributed by atoms with Gasteiger partial charge >= 0.3 is 0 Å². The van der Waals surface area contributed by atoms with E-state index >= 15 is 0 Å². The average Bonchev–Trinajstić information content (AvgIpc) is 1.96. The largest absolute Gasteiger partial charge is 0.369 e. The zero-order valence-electron chi connectivity index (χ0n) is 6.84. The highest BCUT2D eigenvalue weighted by atomic mass is 35.5. The molecule has 0 atom stereocenters. The molecule has 1 heterocycles. The number of halogens is 2. The minimum Gasteiger partial charge on any atom is -0.369 e. The number of aromatic nitrogens is 2. The van der Waals surface area contributed by atoms with Gasteiger partial charge in [0.25, 0.3) is 0 Å². The van der Waals surface area contributed by atoms with Crippen molar-refractivity contribution >= 4 is 29.1 Å². The van der Waals surface area contributed by atoms with Crippen molar-refractivity contribution in [2.45, 2.75) is 13.3 Å². The lowest BCUT2D eigenvalue weighted by Crippen LogP contribution is -2.15. The van der Waals surface area contributed by atoms with Gasteiger partial charge in [-0.3, -0.25) is 4.79 Å². The topological polar surface area (TPSA) is 68.9 Å². The van der Waals surface area contributed by atoms with Crippen molar-refractivity contribution in [1.29, 1.82) is 0 Å². The molecule has 70 valence electrons. The molecule has 0 aliphatic carbocycles. The molecular weight excluding hydrogens is 213 g/mol. The fourth-order valence-electron chi connectivity index (χ4n) is 0.849. The summed E-state index contributed by atoms with van der Waals surface area (Å²) in [5, 5.41) is 0.354. The number of hydrogen-bond acceptors (Lipinski definition) is 3. The second kappa shape index (κ2) is 3.89. The van der Waals surface area contributed by atoms with Crippen LogP contribution in [0, 0.1) is 6.92 Å². The van der Waals surface area contributed by atoms with E-state index in [0.717, 1.165) is 0 Å². The Balaban J connectivity index is 3.13. The van der Waals surface area contributed by atoms with Gasteiger partial charge in [-0.05, 0) is 6.92 Å². The van der Waals surface area contributed by atoms with Crippen molar-refractivity contribution in [2.24, 2.45) is 5.73 Å². The highest BCUT2D eigenvalue weighted by molar-refractivity contribution is 6.34. The summed E-state index contributed by atoms with van der Waals surface area (Å²) in [6.45, 7) is 1.66. The van der Waals surface area contributed by atoms with Crippen LogP contribution in [0.3, 0.4) is 0 Å². The molecule has 0 radical (unpaired) electrons. The van der Waals surface area contributed by atoms with Gasteiger partial charge in [-0.15, -0.1) is 0 Å². The van der Waals surface area contributed by atoms with Crippen molar-refractivity contribution in [2.75, 3.05) is 0 Å². The minimum absolute atomic E-state index is 0.0437. The van der Waals surface area contributed by atoms with Crippen LogP contribution in [-0.2, 0) is 11.2 Å². The molecule has 0 bridgehead atoms. The third-order valence-electron chi connectivity index (χ3n) is 1.37. The Bertz CT molecular complexity index is 331. The van der Waals surface area contributed by atoms with Crippen LogP contribution < -0.4 is 5.73 Å². The maximum absolute atomic E-state index is 10.6. The molecule has 0 fully saturated rings. The van der Waals surface area contributed by atoms with Gasteiger partial charge in [-0.1, -0.05) is 23.2 Å². The van der Waals surface area contributed by atoms with Crippen LogP contribution in [0.4, 0.5) is 0 Å². The number of carbonyl (C=O) groups is 1. The summed E-state index contributed by atoms with van der Waals surface area (Å²) in [4.78, 5) is 18.3. The third kappa shape index (κ3) is 2.54. The molecule has 0 aliphatic heterocycles. The maximum atomic E-state index is 10.6. The zero-order chi connectivity index (χ0) is 10.0. The number of aryl methyl sites for hydroxylation is 1. The van der Waals surface area contributed by atoms with Gasteiger partial charge in [-0.2, -0.15) is 0 Å². The molecular formula is C7H7Cl2N3O. The number of nitrogens with two attached hydrogens (primary N) is 1. The Morgan fingerprint density at radius 2 is 1.85 bits per heavy atom. The Hall–Kier alpha value is -0.870. The molecule has 0 aliphatic rings. The van der Waals surface area contributed by atoms with Crippen LogP contribution in [0.25, 0.3) is 0 Å². The molecule has 1 amide bonds. The van der Waals surface area contributed by atoms with Crippen LogP contribution >= 0.6 is 23.2 Å². The van der Waals surface area contributed by atoms with E-state index in [1.165, 1.54) is 0 Å². The first-order chi connectivity index (χ1) is 6.00. The molecule has 1 rings (SSSR count). The molecule has 13 heavy (non-hydrogen) atoms. The molecule has 0 saturated carbocycles. The summed E-state index contributed by atoms with van der Waals surface area (Å²) in [5.41, 5.74) is 5.36. The van der Waals surface area contributed by atoms with Crippen molar-refractivity contribution in [3.05, 3.63) is 21.7 Å². The first-order valence-corrected chi connectivity index (χ1v) is 4.23. The van der Waals surface area contributed by atoms with Gasteiger partial charge in [-0.25, -0.2) is 9.97 Å². The molecule has 2 N–H and O–H groups in total. The predicted octanol–water partition coefficient (Wildman–Crippen LogP) is 1.12. The fraction of sp³-hybridized carbons (Fsp3) is 0.286. The molecule has 6 heteroatoms. The number of amides is 1. The zero-order valence-corrected chi connectivity index (χ0v) is 8.35. The number of primary amides is 1. The van der Waals surface area contributed by atoms with E-state index in [0.29, 0.717) is 11.4 Å². The highest BCUT2D eigenvalue weighted by Crippen LogP contribution is 2.21. The van der Waals surface area contributed by atoms with Crippen LogP contribution in [0.5, 0.6) is 0 Å². The number of hydrogen-bond donors (Lipinski definition) is 1. The van der Waals surface area contributed by atoms with Gasteiger partial charge in [0.1, 0.15) is 16.1 Å². The molecule has 0 spiro atoms. The first kappa shape index (κ1) is 10.2.